The van der Waals surface area contributed by atoms with Crippen molar-refractivity contribution in [3.8, 4) is 22.5 Å². The van der Waals surface area contributed by atoms with E-state index in [-0.39, 0.29) is 29.0 Å². The van der Waals surface area contributed by atoms with E-state index in [2.05, 4.69) is 42.0 Å². The molecule has 1 heterocycles. The molecule has 27 heavy (non-hydrogen) atoms. The topological polar surface area (TPSA) is 137 Å². The van der Waals surface area contributed by atoms with Gasteiger partial charge in [0.2, 0.25) is 17.7 Å². The molecule has 0 unspecified atom stereocenters. The number of anilines is 2. The fourth-order valence-corrected chi connectivity index (χ4v) is 2.91. The first-order valence-electron chi connectivity index (χ1n) is 7.12. The lowest BCUT2D eigenvalue weighted by Crippen LogP contribution is -2.44. The zero-order chi connectivity index (χ0) is 20.0. The van der Waals surface area contributed by atoms with Gasteiger partial charge in [-0.25, -0.2) is 9.93 Å². The molecule has 2 rings (SSSR count). The monoisotopic (exact) mass is 455 g/mol. The van der Waals surface area contributed by atoms with Gasteiger partial charge in [-0.3, -0.25) is 5.32 Å². The van der Waals surface area contributed by atoms with Gasteiger partial charge < -0.3 is 9.47 Å². The van der Waals surface area contributed by atoms with Crippen molar-refractivity contribution in [3.05, 3.63) is 35.9 Å². The van der Waals surface area contributed by atoms with E-state index >= 15 is 0 Å². The van der Waals surface area contributed by atoms with Crippen molar-refractivity contribution in [1.82, 2.24) is 9.97 Å². The Hall–Kier alpha value is -2.88. The first-order valence-corrected chi connectivity index (χ1v) is 9.41. The Bertz CT molecular complexity index is 996. The van der Waals surface area contributed by atoms with E-state index in [9.17, 15) is 13.2 Å². The van der Waals surface area contributed by atoms with Gasteiger partial charge in [-0.15, -0.1) is 0 Å². The Morgan fingerprint density at radius 1 is 1.22 bits per heavy atom. The fraction of sp³-hybridized carbons (Fsp3) is 0.133. The van der Waals surface area contributed by atoms with E-state index in [4.69, 9.17) is 14.6 Å². The molecule has 0 saturated carbocycles. The van der Waals surface area contributed by atoms with Gasteiger partial charge in [0.15, 0.2) is 0 Å². The highest BCUT2D eigenvalue weighted by molar-refractivity contribution is 9.12. The van der Waals surface area contributed by atoms with Gasteiger partial charge in [0.25, 0.3) is 0 Å². The molecule has 142 valence electrons. The number of ether oxygens (including phenoxy) is 2. The molecule has 12 heteroatoms. The van der Waals surface area contributed by atoms with Crippen molar-refractivity contribution in [2.45, 2.75) is 0 Å². The van der Waals surface area contributed by atoms with Gasteiger partial charge in [-0.1, -0.05) is 18.1 Å². The van der Waals surface area contributed by atoms with Crippen LogP contribution in [0.1, 0.15) is 5.56 Å². The number of amides is 2. The maximum Gasteiger partial charge on any atom is 0.343 e. The van der Waals surface area contributed by atoms with Crippen LogP contribution >= 0.6 is 15.9 Å². The van der Waals surface area contributed by atoms with Crippen molar-refractivity contribution in [2.24, 2.45) is 5.14 Å². The summed E-state index contributed by atoms with van der Waals surface area (Å²) in [6, 6.07) is 6.34. The molecule has 2 aromatic rings. The quantitative estimate of drug-likeness (QED) is 0.650. The number of para-hydroxylation sites is 1. The zero-order valence-electron chi connectivity index (χ0n) is 14.1. The summed E-state index contributed by atoms with van der Waals surface area (Å²) in [5.41, 5.74) is 0.210. The molecule has 0 aliphatic rings. The number of nitrogens with one attached hydrogen (secondary N) is 1. The van der Waals surface area contributed by atoms with E-state index in [1.165, 1.54) is 38.5 Å². The second kappa shape index (κ2) is 8.67. The lowest BCUT2D eigenvalue weighted by atomic mass is 10.2. The maximum atomic E-state index is 12.6. The third-order valence-electron chi connectivity index (χ3n) is 3.06. The minimum atomic E-state index is -4.49. The highest BCUT2D eigenvalue weighted by Crippen LogP contribution is 2.23. The van der Waals surface area contributed by atoms with Crippen molar-refractivity contribution >= 4 is 43.8 Å². The molecular weight excluding hydrogens is 442 g/mol. The van der Waals surface area contributed by atoms with Crippen LogP contribution in [0.2, 0.25) is 0 Å². The summed E-state index contributed by atoms with van der Waals surface area (Å²) in [5, 5.41) is 7.48. The normalized spacial score (nSPS) is 10.4. The molecule has 0 aliphatic heterocycles. The Kier molecular flexibility index (Phi) is 6.56. The summed E-state index contributed by atoms with van der Waals surface area (Å²) in [5.74, 6) is 2.60. The third-order valence-corrected chi connectivity index (χ3v) is 4.13. The molecule has 10 nitrogen and oxygen atoms in total. The van der Waals surface area contributed by atoms with Gasteiger partial charge in [-0.2, -0.15) is 22.7 Å². The fourth-order valence-electron chi connectivity index (χ4n) is 1.98. The SMILES string of the molecule is COc1cc(OC)nc(NC(=O)N(c2ccccc2C#CBr)S(N)(=O)=O)n1. The highest BCUT2D eigenvalue weighted by atomic mass is 79.9. The van der Waals surface area contributed by atoms with Crippen LogP contribution in [0.5, 0.6) is 11.8 Å². The average Bonchev–Trinajstić information content (AvgIpc) is 2.62. The van der Waals surface area contributed by atoms with Crippen LogP contribution in [0, 0.1) is 10.8 Å². The first-order chi connectivity index (χ1) is 12.8. The second-order valence-electron chi connectivity index (χ2n) is 4.75. The van der Waals surface area contributed by atoms with Crippen LogP contribution in [0.15, 0.2) is 30.3 Å². The number of hydrogen-bond donors (Lipinski definition) is 2. The molecule has 1 aromatic heterocycles. The van der Waals surface area contributed by atoms with Crippen molar-refractivity contribution < 1.29 is 22.7 Å². The zero-order valence-corrected chi connectivity index (χ0v) is 16.5. The molecule has 0 bridgehead atoms. The molecule has 0 spiro atoms. The Balaban J connectivity index is 2.48. The van der Waals surface area contributed by atoms with Gasteiger partial charge in [0, 0.05) is 15.9 Å². The summed E-state index contributed by atoms with van der Waals surface area (Å²) in [7, 11) is -1.77. The van der Waals surface area contributed by atoms with Gasteiger partial charge in [-0.05, 0) is 17.0 Å². The Morgan fingerprint density at radius 2 is 1.81 bits per heavy atom. The molecular formula is C15H14BrN5O5S. The summed E-state index contributed by atoms with van der Waals surface area (Å²) in [6.07, 6.45) is 0. The number of carbonyl (C=O) groups is 1. The molecule has 0 aliphatic carbocycles. The van der Waals surface area contributed by atoms with E-state index in [0.29, 0.717) is 4.31 Å². The van der Waals surface area contributed by atoms with Crippen LogP contribution in [0.25, 0.3) is 0 Å². The average molecular weight is 456 g/mol. The lowest BCUT2D eigenvalue weighted by Gasteiger charge is -2.21. The van der Waals surface area contributed by atoms with Crippen molar-refractivity contribution in [1.29, 1.82) is 0 Å². The molecule has 3 N–H and O–H groups in total. The molecule has 1 aromatic carbocycles. The predicted octanol–water partition coefficient (Wildman–Crippen LogP) is 1.44. The van der Waals surface area contributed by atoms with Crippen molar-refractivity contribution in [2.75, 3.05) is 23.8 Å². The maximum absolute atomic E-state index is 12.6. The van der Waals surface area contributed by atoms with Crippen LogP contribution in [0.4, 0.5) is 16.4 Å². The number of nitrogens with zero attached hydrogens (tertiary/aromatic N) is 3. The van der Waals surface area contributed by atoms with Crippen LogP contribution in [-0.2, 0) is 10.2 Å². The van der Waals surface area contributed by atoms with E-state index in [1.54, 1.807) is 6.07 Å². The number of benzene rings is 1. The standard InChI is InChI=1S/C15H14BrN5O5S/c1-25-12-9-13(26-2)19-14(18-12)20-15(22)21(27(17,23)24)11-6-4-3-5-10(11)7-8-16/h3-6,9H,1-2H3,(H2,17,23,24)(H,18,19,20,22). The van der Waals surface area contributed by atoms with E-state index < -0.39 is 16.2 Å². The largest absolute Gasteiger partial charge is 0.481 e. The number of hydrogen-bond acceptors (Lipinski definition) is 7. The van der Waals surface area contributed by atoms with E-state index in [1.807, 2.05) is 0 Å². The molecule has 0 fully saturated rings. The second-order valence-corrected chi connectivity index (χ2v) is 6.54. The molecule has 0 radical (unpaired) electrons. The lowest BCUT2D eigenvalue weighted by molar-refractivity contribution is 0.259. The highest BCUT2D eigenvalue weighted by Gasteiger charge is 2.29. The van der Waals surface area contributed by atoms with Crippen LogP contribution in [-0.4, -0.2) is 38.6 Å². The molecule has 0 atom stereocenters. The number of rotatable bonds is 5. The van der Waals surface area contributed by atoms with Gasteiger partial charge in [0.05, 0.1) is 31.5 Å². The number of nitrogens with two attached hydrogens (primary N) is 1. The molecule has 2 amide bonds. The minimum Gasteiger partial charge on any atom is -0.481 e. The van der Waals surface area contributed by atoms with Crippen molar-refractivity contribution in [3.63, 3.8) is 0 Å². The predicted molar refractivity (Wildman–Crippen MR) is 102 cm³/mol. The number of urea groups is 1. The van der Waals surface area contributed by atoms with E-state index in [0.717, 1.165) is 0 Å². The summed E-state index contributed by atoms with van der Waals surface area (Å²) >= 11 is 2.93. The summed E-state index contributed by atoms with van der Waals surface area (Å²) < 4.78 is 34.4. The number of methoxy groups -OCH3 is 2. The van der Waals surface area contributed by atoms with Gasteiger partial charge in [0.1, 0.15) is 0 Å². The smallest absolute Gasteiger partial charge is 0.343 e. The number of halogens is 1. The van der Waals surface area contributed by atoms with Crippen LogP contribution in [0.3, 0.4) is 0 Å². The number of aromatic nitrogens is 2. The Morgan fingerprint density at radius 3 is 2.33 bits per heavy atom. The molecule has 0 saturated heterocycles. The minimum absolute atomic E-state index is 0.0423. The Labute approximate surface area is 164 Å². The first kappa shape index (κ1) is 20.4. The summed E-state index contributed by atoms with van der Waals surface area (Å²) in [6.45, 7) is 0. The summed E-state index contributed by atoms with van der Waals surface area (Å²) in [4.78, 5) is 22.9. The van der Waals surface area contributed by atoms with Crippen LogP contribution < -0.4 is 24.2 Å². The van der Waals surface area contributed by atoms with Gasteiger partial charge >= 0.3 is 16.2 Å². The number of carbonyl (C=O) groups excluding carboxylic acids is 1. The third kappa shape index (κ3) is 5.07.